The quantitative estimate of drug-likeness (QED) is 0.396. The van der Waals surface area contributed by atoms with E-state index in [1.54, 1.807) is 42.5 Å². The molecule has 1 N–H and O–H groups in total. The van der Waals surface area contributed by atoms with Crippen LogP contribution in [0.1, 0.15) is 22.2 Å². The molecule has 0 bridgehead atoms. The Hall–Kier alpha value is -3.29. The molecule has 4 aromatic rings. The van der Waals surface area contributed by atoms with Gasteiger partial charge in [0.05, 0.1) is 38.5 Å². The van der Waals surface area contributed by atoms with Crippen LogP contribution >= 0.6 is 11.3 Å². The number of nitrogens with zero attached hydrogens (tertiary/aromatic N) is 4. The predicted octanol–water partition coefficient (Wildman–Crippen LogP) is 4.18. The topological polar surface area (TPSA) is 89.3 Å². The van der Waals surface area contributed by atoms with Gasteiger partial charge in [0.25, 0.3) is 0 Å². The number of fused-ring (bicyclic) bond motifs is 1. The first-order valence-electron chi connectivity index (χ1n) is 11.8. The summed E-state index contributed by atoms with van der Waals surface area (Å²) in [6, 6.07) is 23.3. The van der Waals surface area contributed by atoms with Crippen molar-refractivity contribution in [3.8, 4) is 6.07 Å². The summed E-state index contributed by atoms with van der Waals surface area (Å²) in [5, 5.41) is 10.0. The molecular formula is C27H27N5O2S2. The maximum Gasteiger partial charge on any atom is 0.241 e. The third kappa shape index (κ3) is 5.27. The van der Waals surface area contributed by atoms with Crippen molar-refractivity contribution in [2.45, 2.75) is 17.4 Å². The van der Waals surface area contributed by atoms with E-state index in [1.165, 1.54) is 11.3 Å². The maximum atomic E-state index is 13.3. The van der Waals surface area contributed by atoms with Gasteiger partial charge in [0.1, 0.15) is 5.01 Å². The second-order valence-electron chi connectivity index (χ2n) is 8.97. The largest absolute Gasteiger partial charge is 0.368 e. The van der Waals surface area contributed by atoms with Gasteiger partial charge in [0.15, 0.2) is 0 Å². The number of anilines is 1. The highest BCUT2D eigenvalue weighted by molar-refractivity contribution is 7.89. The Morgan fingerprint density at radius 1 is 1.03 bits per heavy atom. The molecule has 1 fully saturated rings. The summed E-state index contributed by atoms with van der Waals surface area (Å²) in [4.78, 5) is 9.79. The lowest BCUT2D eigenvalue weighted by atomic mass is 10.0. The Balaban J connectivity index is 1.53. The third-order valence-electron chi connectivity index (χ3n) is 6.40. The van der Waals surface area contributed by atoms with Crippen molar-refractivity contribution in [3.05, 3.63) is 88.9 Å². The fourth-order valence-electron chi connectivity index (χ4n) is 4.44. The summed E-state index contributed by atoms with van der Waals surface area (Å²) in [5.41, 5.74) is 3.41. The van der Waals surface area contributed by atoms with Crippen molar-refractivity contribution >= 4 is 37.3 Å². The smallest absolute Gasteiger partial charge is 0.241 e. The van der Waals surface area contributed by atoms with Gasteiger partial charge in [-0.15, -0.1) is 11.3 Å². The van der Waals surface area contributed by atoms with E-state index in [9.17, 15) is 13.7 Å². The molecule has 9 heteroatoms. The highest BCUT2D eigenvalue weighted by Gasteiger charge is 2.26. The van der Waals surface area contributed by atoms with Gasteiger partial charge in [0, 0.05) is 26.2 Å². The zero-order valence-electron chi connectivity index (χ0n) is 20.0. The summed E-state index contributed by atoms with van der Waals surface area (Å²) in [7, 11) is -1.65. The minimum Gasteiger partial charge on any atom is -0.368 e. The Morgan fingerprint density at radius 3 is 2.53 bits per heavy atom. The van der Waals surface area contributed by atoms with Crippen LogP contribution in [-0.4, -0.2) is 51.5 Å². The fourth-order valence-corrected chi connectivity index (χ4v) is 6.89. The lowest BCUT2D eigenvalue weighted by molar-refractivity contribution is 0.313. The molecule has 1 aliphatic rings. The number of hydrogen-bond donors (Lipinski definition) is 1. The van der Waals surface area contributed by atoms with Crippen molar-refractivity contribution in [2.75, 3.05) is 38.1 Å². The highest BCUT2D eigenvalue weighted by Crippen LogP contribution is 2.36. The van der Waals surface area contributed by atoms with Crippen LogP contribution in [0.25, 0.3) is 10.2 Å². The number of benzene rings is 3. The monoisotopic (exact) mass is 517 g/mol. The summed E-state index contributed by atoms with van der Waals surface area (Å²) in [5.74, 6) is 0. The third-order valence-corrected chi connectivity index (χ3v) is 9.09. The molecule has 0 spiro atoms. The van der Waals surface area contributed by atoms with E-state index >= 15 is 0 Å². The molecule has 184 valence electrons. The fraction of sp³-hybridized carbons (Fsp3) is 0.259. The van der Waals surface area contributed by atoms with Crippen LogP contribution in [0.15, 0.2) is 77.7 Å². The number of sulfonamides is 1. The van der Waals surface area contributed by atoms with E-state index in [0.29, 0.717) is 17.0 Å². The van der Waals surface area contributed by atoms with Crippen molar-refractivity contribution < 1.29 is 8.42 Å². The summed E-state index contributed by atoms with van der Waals surface area (Å²) < 4.78 is 30.5. The van der Waals surface area contributed by atoms with Crippen molar-refractivity contribution in [1.29, 1.82) is 5.26 Å². The minimum absolute atomic E-state index is 0.208. The Kier molecular flexibility index (Phi) is 7.03. The van der Waals surface area contributed by atoms with E-state index in [0.717, 1.165) is 47.6 Å². The molecule has 3 aromatic carbocycles. The van der Waals surface area contributed by atoms with Crippen molar-refractivity contribution in [3.63, 3.8) is 0 Å². The van der Waals surface area contributed by atoms with Gasteiger partial charge in [0.2, 0.25) is 10.0 Å². The molecule has 1 aliphatic heterocycles. The van der Waals surface area contributed by atoms with Gasteiger partial charge < -0.3 is 9.80 Å². The van der Waals surface area contributed by atoms with Crippen molar-refractivity contribution in [1.82, 2.24) is 14.6 Å². The number of nitriles is 1. The second-order valence-corrected chi connectivity index (χ2v) is 11.7. The van der Waals surface area contributed by atoms with E-state index < -0.39 is 16.1 Å². The van der Waals surface area contributed by atoms with Gasteiger partial charge in [-0.1, -0.05) is 36.4 Å². The van der Waals surface area contributed by atoms with E-state index in [-0.39, 0.29) is 4.90 Å². The molecular weight excluding hydrogens is 490 g/mol. The number of nitrogens with one attached hydrogen (secondary N) is 1. The van der Waals surface area contributed by atoms with Crippen LogP contribution in [0.2, 0.25) is 0 Å². The molecule has 1 saturated heterocycles. The number of thiazole rings is 1. The molecule has 0 saturated carbocycles. The maximum absolute atomic E-state index is 13.3. The molecule has 2 heterocycles. The molecule has 36 heavy (non-hydrogen) atoms. The first-order valence-corrected chi connectivity index (χ1v) is 14.1. The second kappa shape index (κ2) is 10.4. The van der Waals surface area contributed by atoms with Crippen LogP contribution in [0.5, 0.6) is 0 Å². The number of aromatic nitrogens is 1. The Bertz CT molecular complexity index is 1500. The lowest BCUT2D eigenvalue weighted by Crippen LogP contribution is -2.44. The Labute approximate surface area is 215 Å². The van der Waals surface area contributed by atoms with E-state index in [2.05, 4.69) is 33.7 Å². The highest BCUT2D eigenvalue weighted by atomic mass is 32.2. The molecule has 1 aromatic heterocycles. The lowest BCUT2D eigenvalue weighted by Gasteiger charge is -2.34. The summed E-state index contributed by atoms with van der Waals surface area (Å²) in [6.07, 6.45) is 0.380. The zero-order chi connectivity index (χ0) is 25.1. The van der Waals surface area contributed by atoms with E-state index in [1.807, 2.05) is 24.3 Å². The van der Waals surface area contributed by atoms with Crippen LogP contribution in [-0.2, 0) is 16.4 Å². The minimum atomic E-state index is -3.78. The zero-order valence-corrected chi connectivity index (χ0v) is 21.6. The molecule has 0 radical (unpaired) electrons. The number of hydrogen-bond acceptors (Lipinski definition) is 7. The van der Waals surface area contributed by atoms with Gasteiger partial charge in [-0.2, -0.15) is 5.26 Å². The predicted molar refractivity (Wildman–Crippen MR) is 144 cm³/mol. The molecule has 0 amide bonds. The van der Waals surface area contributed by atoms with Gasteiger partial charge in [-0.3, -0.25) is 0 Å². The number of likely N-dealkylation sites (N-methyl/N-ethyl adjacent to an activating group) is 1. The van der Waals surface area contributed by atoms with Gasteiger partial charge in [-0.05, 0) is 55.4 Å². The van der Waals surface area contributed by atoms with E-state index in [4.69, 9.17) is 4.98 Å². The molecule has 1 unspecified atom stereocenters. The van der Waals surface area contributed by atoms with Crippen molar-refractivity contribution in [2.24, 2.45) is 0 Å². The molecule has 1 atom stereocenters. The van der Waals surface area contributed by atoms with Gasteiger partial charge in [-0.25, -0.2) is 18.1 Å². The first kappa shape index (κ1) is 24.4. The number of rotatable bonds is 7. The molecule has 7 nitrogen and oxygen atoms in total. The normalized spacial score (nSPS) is 15.6. The average molecular weight is 518 g/mol. The summed E-state index contributed by atoms with van der Waals surface area (Å²) >= 11 is 1.53. The number of piperazine rings is 1. The Morgan fingerprint density at radius 2 is 1.78 bits per heavy atom. The molecule has 0 aliphatic carbocycles. The summed E-state index contributed by atoms with van der Waals surface area (Å²) in [6.45, 7) is 3.87. The first-order chi connectivity index (χ1) is 17.4. The van der Waals surface area contributed by atoms with Crippen LogP contribution in [0.4, 0.5) is 5.69 Å². The standard InChI is InChI=1S/C27H27N5O2S2/c1-31-13-15-32(16-14-31)25-12-6-11-23-26(25)35-27(29-23)24(18-20-7-5-8-21(17-20)19-28)30-36(33,34)22-9-3-2-4-10-22/h2-12,17,24,30H,13-16,18H2,1H3. The SMILES string of the molecule is CN1CCN(c2cccc3nc(C(Cc4cccc(C#N)c4)NS(=O)(=O)c4ccccc4)sc23)CC1. The average Bonchev–Trinajstić information content (AvgIpc) is 3.34. The molecule has 5 rings (SSSR count). The van der Waals surface area contributed by atoms with Crippen LogP contribution in [0, 0.1) is 11.3 Å². The van der Waals surface area contributed by atoms with Crippen LogP contribution in [0.3, 0.4) is 0 Å². The van der Waals surface area contributed by atoms with Crippen LogP contribution < -0.4 is 9.62 Å². The van der Waals surface area contributed by atoms with Gasteiger partial charge >= 0.3 is 0 Å².